The van der Waals surface area contributed by atoms with E-state index in [-0.39, 0.29) is 24.2 Å². The van der Waals surface area contributed by atoms with Crippen molar-refractivity contribution in [2.75, 3.05) is 38.0 Å². The number of carbonyl (C=O) groups is 2. The van der Waals surface area contributed by atoms with Gasteiger partial charge in [-0.05, 0) is 37.3 Å². The van der Waals surface area contributed by atoms with Crippen LogP contribution in [0.5, 0.6) is 0 Å². The standard InChI is InChI=1S/C24H32N6O3/c1-17-2-3-19-13-30(7-4-18(19)10-17)14-21(32)12-25-24(33)22-11-23(27-15-26-22)28-20-5-8-29(16-31)9-6-20/h2-3,10-11,15-16,20-21,32H,4-9,12-14H2,1H3,(H,25,33)(H,26,27,28). The van der Waals surface area contributed by atoms with Gasteiger partial charge in [0.1, 0.15) is 17.8 Å². The fourth-order valence-electron chi connectivity index (χ4n) is 4.48. The molecule has 9 nitrogen and oxygen atoms in total. The predicted molar refractivity (Wildman–Crippen MR) is 125 cm³/mol. The summed E-state index contributed by atoms with van der Waals surface area (Å²) in [5.41, 5.74) is 4.22. The molecule has 1 aromatic carbocycles. The molecule has 3 heterocycles. The molecule has 0 saturated carbocycles. The first-order chi connectivity index (χ1) is 16.0. The number of hydrogen-bond acceptors (Lipinski definition) is 7. The van der Waals surface area contributed by atoms with E-state index in [0.29, 0.717) is 25.5 Å². The van der Waals surface area contributed by atoms with E-state index in [1.54, 1.807) is 11.0 Å². The van der Waals surface area contributed by atoms with Crippen LogP contribution in [0.2, 0.25) is 0 Å². The van der Waals surface area contributed by atoms with Crippen molar-refractivity contribution in [3.8, 4) is 0 Å². The van der Waals surface area contributed by atoms with Gasteiger partial charge in [0.25, 0.3) is 5.91 Å². The first-order valence-electron chi connectivity index (χ1n) is 11.5. The van der Waals surface area contributed by atoms with E-state index >= 15 is 0 Å². The maximum absolute atomic E-state index is 12.6. The molecule has 1 saturated heterocycles. The van der Waals surface area contributed by atoms with Gasteiger partial charge in [0, 0.05) is 51.4 Å². The quantitative estimate of drug-likeness (QED) is 0.512. The van der Waals surface area contributed by atoms with Crippen LogP contribution in [0.1, 0.15) is 40.0 Å². The molecule has 2 amide bonds. The molecule has 176 valence electrons. The molecule has 0 bridgehead atoms. The van der Waals surface area contributed by atoms with Gasteiger partial charge in [-0.3, -0.25) is 14.5 Å². The molecule has 1 atom stereocenters. The van der Waals surface area contributed by atoms with Crippen LogP contribution in [0.3, 0.4) is 0 Å². The Balaban J connectivity index is 1.23. The molecule has 4 rings (SSSR count). The zero-order valence-electron chi connectivity index (χ0n) is 19.0. The molecule has 2 aliphatic rings. The molecular formula is C24H32N6O3. The Kier molecular flexibility index (Phi) is 7.51. The number of aromatic nitrogens is 2. The minimum absolute atomic E-state index is 0.160. The number of carbonyl (C=O) groups excluding carboxylic acids is 2. The molecule has 1 unspecified atom stereocenters. The van der Waals surface area contributed by atoms with Crippen LogP contribution in [0.15, 0.2) is 30.6 Å². The molecule has 3 N–H and O–H groups in total. The monoisotopic (exact) mass is 452 g/mol. The molecule has 2 aromatic rings. The Morgan fingerprint density at radius 2 is 2.03 bits per heavy atom. The lowest BCUT2D eigenvalue weighted by molar-refractivity contribution is -0.118. The summed E-state index contributed by atoms with van der Waals surface area (Å²) in [4.78, 5) is 35.7. The topological polar surface area (TPSA) is 111 Å². The van der Waals surface area contributed by atoms with E-state index in [2.05, 4.69) is 50.6 Å². The SMILES string of the molecule is Cc1ccc2c(c1)CCN(CC(O)CNC(=O)c1cc(NC3CCN(C=O)CC3)ncn1)C2. The molecule has 0 aliphatic carbocycles. The van der Waals surface area contributed by atoms with Crippen molar-refractivity contribution < 1.29 is 14.7 Å². The number of aryl methyl sites for hydroxylation is 1. The number of aliphatic hydroxyl groups is 1. The van der Waals surface area contributed by atoms with Gasteiger partial charge >= 0.3 is 0 Å². The molecule has 0 spiro atoms. The highest BCUT2D eigenvalue weighted by molar-refractivity contribution is 5.92. The molecule has 0 radical (unpaired) electrons. The van der Waals surface area contributed by atoms with Gasteiger partial charge in [0.15, 0.2) is 0 Å². The molecule has 1 fully saturated rings. The zero-order valence-corrected chi connectivity index (χ0v) is 19.0. The van der Waals surface area contributed by atoms with E-state index in [9.17, 15) is 14.7 Å². The van der Waals surface area contributed by atoms with Crippen molar-refractivity contribution >= 4 is 18.1 Å². The van der Waals surface area contributed by atoms with E-state index < -0.39 is 6.10 Å². The average molecular weight is 453 g/mol. The molecule has 1 aromatic heterocycles. The number of amides is 2. The smallest absolute Gasteiger partial charge is 0.270 e. The third-order valence-corrected chi connectivity index (χ3v) is 6.35. The van der Waals surface area contributed by atoms with Crippen molar-refractivity contribution in [3.05, 3.63) is 53.0 Å². The third kappa shape index (κ3) is 6.27. The second-order valence-electron chi connectivity index (χ2n) is 8.97. The summed E-state index contributed by atoms with van der Waals surface area (Å²) in [5.74, 6) is 0.247. The van der Waals surface area contributed by atoms with E-state index in [4.69, 9.17) is 0 Å². The van der Waals surface area contributed by atoms with Crippen molar-refractivity contribution in [2.24, 2.45) is 0 Å². The van der Waals surface area contributed by atoms with Crippen LogP contribution in [-0.2, 0) is 17.8 Å². The van der Waals surface area contributed by atoms with Crippen LogP contribution in [0, 0.1) is 6.92 Å². The number of aliphatic hydroxyl groups excluding tert-OH is 1. The van der Waals surface area contributed by atoms with Gasteiger partial charge in [-0.25, -0.2) is 9.97 Å². The van der Waals surface area contributed by atoms with Gasteiger partial charge in [0.05, 0.1) is 6.10 Å². The number of rotatable bonds is 8. The Morgan fingerprint density at radius 3 is 2.82 bits per heavy atom. The molecule has 2 aliphatic heterocycles. The highest BCUT2D eigenvalue weighted by Gasteiger charge is 2.21. The van der Waals surface area contributed by atoms with Gasteiger partial charge in [-0.2, -0.15) is 0 Å². The molecular weight excluding hydrogens is 420 g/mol. The normalized spacial score (nSPS) is 17.8. The third-order valence-electron chi connectivity index (χ3n) is 6.35. The largest absolute Gasteiger partial charge is 0.390 e. The Labute approximate surface area is 194 Å². The number of hydrogen-bond donors (Lipinski definition) is 3. The maximum Gasteiger partial charge on any atom is 0.270 e. The predicted octanol–water partition coefficient (Wildman–Crippen LogP) is 0.967. The van der Waals surface area contributed by atoms with E-state index in [0.717, 1.165) is 38.8 Å². The minimum atomic E-state index is -0.664. The summed E-state index contributed by atoms with van der Waals surface area (Å²) in [6.07, 6.45) is 4.21. The van der Waals surface area contributed by atoms with Gasteiger partial charge in [-0.1, -0.05) is 23.8 Å². The summed E-state index contributed by atoms with van der Waals surface area (Å²) < 4.78 is 0. The number of piperidine rings is 1. The average Bonchev–Trinajstić information content (AvgIpc) is 2.83. The molecule has 9 heteroatoms. The van der Waals surface area contributed by atoms with Crippen LogP contribution in [0.4, 0.5) is 5.82 Å². The van der Waals surface area contributed by atoms with E-state index in [1.807, 2.05) is 0 Å². The minimum Gasteiger partial charge on any atom is -0.390 e. The van der Waals surface area contributed by atoms with Gasteiger partial charge in [0.2, 0.25) is 6.41 Å². The first kappa shape index (κ1) is 23.1. The summed E-state index contributed by atoms with van der Waals surface area (Å²) >= 11 is 0. The number of fused-ring (bicyclic) bond motifs is 1. The number of likely N-dealkylation sites (tertiary alicyclic amines) is 1. The second-order valence-corrected chi connectivity index (χ2v) is 8.97. The fraction of sp³-hybridized carbons (Fsp3) is 0.500. The lowest BCUT2D eigenvalue weighted by Crippen LogP contribution is -2.42. The Bertz CT molecular complexity index is 976. The van der Waals surface area contributed by atoms with Gasteiger partial charge < -0.3 is 20.6 Å². The second kappa shape index (κ2) is 10.7. The van der Waals surface area contributed by atoms with Crippen molar-refractivity contribution in [2.45, 2.75) is 44.9 Å². The Hall–Kier alpha value is -3.04. The number of benzene rings is 1. The fourth-order valence-corrected chi connectivity index (χ4v) is 4.48. The highest BCUT2D eigenvalue weighted by atomic mass is 16.3. The number of nitrogens with one attached hydrogen (secondary N) is 2. The van der Waals surface area contributed by atoms with Crippen LogP contribution in [-0.4, -0.2) is 82.1 Å². The summed E-state index contributed by atoms with van der Waals surface area (Å²) in [6, 6.07) is 8.35. The lowest BCUT2D eigenvalue weighted by atomic mass is 9.97. The van der Waals surface area contributed by atoms with E-state index in [1.165, 1.54) is 23.0 Å². The van der Waals surface area contributed by atoms with Crippen LogP contribution >= 0.6 is 0 Å². The van der Waals surface area contributed by atoms with Gasteiger partial charge in [-0.15, -0.1) is 0 Å². The maximum atomic E-state index is 12.6. The van der Waals surface area contributed by atoms with Crippen LogP contribution in [0.25, 0.3) is 0 Å². The lowest BCUT2D eigenvalue weighted by Gasteiger charge is -2.30. The first-order valence-corrected chi connectivity index (χ1v) is 11.5. The van der Waals surface area contributed by atoms with Crippen molar-refractivity contribution in [1.82, 2.24) is 25.1 Å². The number of anilines is 1. The van der Waals surface area contributed by atoms with Crippen LogP contribution < -0.4 is 10.6 Å². The van der Waals surface area contributed by atoms with Crippen molar-refractivity contribution in [1.29, 1.82) is 0 Å². The molecule has 33 heavy (non-hydrogen) atoms. The zero-order chi connectivity index (χ0) is 23.2. The summed E-state index contributed by atoms with van der Waals surface area (Å²) in [6.45, 7) is 5.89. The summed E-state index contributed by atoms with van der Waals surface area (Å²) in [5, 5.41) is 16.6. The number of β-amino-alcohol motifs (C(OH)–C–C–N with tert-alkyl or cyclic N) is 1. The van der Waals surface area contributed by atoms with Crippen molar-refractivity contribution in [3.63, 3.8) is 0 Å². The highest BCUT2D eigenvalue weighted by Crippen LogP contribution is 2.20. The Morgan fingerprint density at radius 1 is 1.21 bits per heavy atom. The number of nitrogens with zero attached hydrogens (tertiary/aromatic N) is 4. The summed E-state index contributed by atoms with van der Waals surface area (Å²) in [7, 11) is 0.